The Bertz CT molecular complexity index is 192. The van der Waals surface area contributed by atoms with E-state index in [1.54, 1.807) is 0 Å². The summed E-state index contributed by atoms with van der Waals surface area (Å²) < 4.78 is 0. The van der Waals surface area contributed by atoms with Crippen LogP contribution in [0.2, 0.25) is 0 Å². The summed E-state index contributed by atoms with van der Waals surface area (Å²) in [5.41, 5.74) is 0. The van der Waals surface area contributed by atoms with Crippen LogP contribution in [0.25, 0.3) is 0 Å². The highest BCUT2D eigenvalue weighted by Gasteiger charge is 2.25. The van der Waals surface area contributed by atoms with Crippen LogP contribution in [-0.2, 0) is 0 Å². The van der Waals surface area contributed by atoms with Gasteiger partial charge < -0.3 is 10.0 Å². The van der Waals surface area contributed by atoms with E-state index in [0.29, 0.717) is 18.6 Å². The maximum Gasteiger partial charge on any atom is 0.0471 e. The maximum atomic E-state index is 9.09. The summed E-state index contributed by atoms with van der Waals surface area (Å²) in [5.74, 6) is 0.538. The fourth-order valence-electron chi connectivity index (χ4n) is 2.90. The lowest BCUT2D eigenvalue weighted by Gasteiger charge is -2.28. The van der Waals surface area contributed by atoms with Gasteiger partial charge in [-0.15, -0.1) is 0 Å². The van der Waals surface area contributed by atoms with Crippen molar-refractivity contribution in [3.63, 3.8) is 0 Å². The zero-order chi connectivity index (χ0) is 10.7. The van der Waals surface area contributed by atoms with Crippen LogP contribution in [-0.4, -0.2) is 60.3 Å². The van der Waals surface area contributed by atoms with Gasteiger partial charge in [0.15, 0.2) is 0 Å². The van der Waals surface area contributed by atoms with Crippen molar-refractivity contribution < 1.29 is 5.11 Å². The molecule has 15 heavy (non-hydrogen) atoms. The molecule has 2 aliphatic rings. The molecule has 0 bridgehead atoms. The first-order valence-electron chi connectivity index (χ1n) is 6.37. The average molecular weight is 212 g/mol. The number of nitrogens with zero attached hydrogens (tertiary/aromatic N) is 2. The van der Waals surface area contributed by atoms with Gasteiger partial charge in [-0.05, 0) is 51.7 Å². The maximum absolute atomic E-state index is 9.09. The summed E-state index contributed by atoms with van der Waals surface area (Å²) in [4.78, 5) is 5.12. The third kappa shape index (κ3) is 2.92. The minimum atomic E-state index is 0.370. The van der Waals surface area contributed by atoms with E-state index in [1.165, 1.54) is 45.4 Å². The molecular weight excluding hydrogens is 188 g/mol. The SMILES string of the molecule is CC(CN1CCC(CO)C1)N1CCCC1. The molecule has 0 aromatic rings. The van der Waals surface area contributed by atoms with Gasteiger partial charge in [0.25, 0.3) is 0 Å². The second kappa shape index (κ2) is 5.28. The first-order valence-corrected chi connectivity index (χ1v) is 6.37. The summed E-state index contributed by atoms with van der Waals surface area (Å²) in [6.07, 6.45) is 3.94. The van der Waals surface area contributed by atoms with Crippen LogP contribution in [0.15, 0.2) is 0 Å². The molecule has 2 heterocycles. The lowest BCUT2D eigenvalue weighted by Crippen LogP contribution is -2.40. The molecule has 0 aromatic carbocycles. The van der Waals surface area contributed by atoms with Crippen LogP contribution < -0.4 is 0 Å². The normalized spacial score (nSPS) is 31.2. The molecule has 0 spiro atoms. The summed E-state index contributed by atoms with van der Waals surface area (Å²) >= 11 is 0. The first-order chi connectivity index (χ1) is 7.29. The van der Waals surface area contributed by atoms with E-state index in [9.17, 15) is 0 Å². The van der Waals surface area contributed by atoms with E-state index < -0.39 is 0 Å². The minimum Gasteiger partial charge on any atom is -0.396 e. The number of aliphatic hydroxyl groups is 1. The van der Waals surface area contributed by atoms with Gasteiger partial charge in [0.2, 0.25) is 0 Å². The van der Waals surface area contributed by atoms with Crippen molar-refractivity contribution in [1.29, 1.82) is 0 Å². The number of rotatable bonds is 4. The monoisotopic (exact) mass is 212 g/mol. The quantitative estimate of drug-likeness (QED) is 0.746. The summed E-state index contributed by atoms with van der Waals surface area (Å²) in [6.45, 7) is 8.78. The Kier molecular flexibility index (Phi) is 4.00. The van der Waals surface area contributed by atoms with Crippen molar-refractivity contribution in [3.8, 4) is 0 Å². The summed E-state index contributed by atoms with van der Waals surface area (Å²) in [7, 11) is 0. The van der Waals surface area contributed by atoms with Gasteiger partial charge in [0, 0.05) is 25.7 Å². The van der Waals surface area contributed by atoms with Crippen molar-refractivity contribution in [2.45, 2.75) is 32.2 Å². The van der Waals surface area contributed by atoms with Gasteiger partial charge in [-0.25, -0.2) is 0 Å². The largest absolute Gasteiger partial charge is 0.396 e. The number of likely N-dealkylation sites (tertiary alicyclic amines) is 2. The third-order valence-electron chi connectivity index (χ3n) is 3.91. The number of aliphatic hydroxyl groups excluding tert-OH is 1. The molecule has 1 N–H and O–H groups in total. The van der Waals surface area contributed by atoms with Gasteiger partial charge in [-0.1, -0.05) is 0 Å². The van der Waals surface area contributed by atoms with Crippen molar-refractivity contribution in [1.82, 2.24) is 9.80 Å². The molecule has 0 saturated carbocycles. The van der Waals surface area contributed by atoms with Gasteiger partial charge in [0.1, 0.15) is 0 Å². The van der Waals surface area contributed by atoms with Crippen molar-refractivity contribution in [3.05, 3.63) is 0 Å². The van der Waals surface area contributed by atoms with Gasteiger partial charge in [-0.3, -0.25) is 4.90 Å². The van der Waals surface area contributed by atoms with Gasteiger partial charge >= 0.3 is 0 Å². The predicted molar refractivity (Wildman–Crippen MR) is 61.9 cm³/mol. The van der Waals surface area contributed by atoms with E-state index in [1.807, 2.05) is 0 Å². The zero-order valence-electron chi connectivity index (χ0n) is 9.86. The third-order valence-corrected chi connectivity index (χ3v) is 3.91. The summed E-state index contributed by atoms with van der Waals surface area (Å²) in [5, 5.41) is 9.09. The molecule has 0 amide bonds. The topological polar surface area (TPSA) is 26.7 Å². The Morgan fingerprint density at radius 3 is 2.60 bits per heavy atom. The van der Waals surface area contributed by atoms with Gasteiger partial charge in [0.05, 0.1) is 0 Å². The molecule has 2 unspecified atom stereocenters. The molecule has 3 heteroatoms. The highest BCUT2D eigenvalue weighted by Crippen LogP contribution is 2.18. The smallest absolute Gasteiger partial charge is 0.0471 e. The molecule has 88 valence electrons. The average Bonchev–Trinajstić information content (AvgIpc) is 2.87. The van der Waals surface area contributed by atoms with Crippen molar-refractivity contribution >= 4 is 0 Å². The second-order valence-corrected chi connectivity index (χ2v) is 5.19. The van der Waals surface area contributed by atoms with Crippen LogP contribution in [0.3, 0.4) is 0 Å². The van der Waals surface area contributed by atoms with Crippen LogP contribution in [0.1, 0.15) is 26.2 Å². The standard InChI is InChI=1S/C12H24N2O/c1-11(14-5-2-3-6-14)8-13-7-4-12(9-13)10-15/h11-12,15H,2-10H2,1H3. The first kappa shape index (κ1) is 11.4. The number of hydrogen-bond acceptors (Lipinski definition) is 3. The molecule has 2 rings (SSSR count). The Labute approximate surface area is 93.1 Å². The lowest BCUT2D eigenvalue weighted by molar-refractivity contribution is 0.178. The molecule has 0 aromatic heterocycles. The molecule has 0 aliphatic carbocycles. The lowest BCUT2D eigenvalue weighted by atomic mass is 10.1. The summed E-state index contributed by atoms with van der Waals surface area (Å²) in [6, 6.07) is 0.699. The fourth-order valence-corrected chi connectivity index (χ4v) is 2.90. The van der Waals surface area contributed by atoms with Crippen LogP contribution in [0, 0.1) is 5.92 Å². The van der Waals surface area contributed by atoms with Crippen LogP contribution >= 0.6 is 0 Å². The Morgan fingerprint density at radius 2 is 2.00 bits per heavy atom. The highest BCUT2D eigenvalue weighted by atomic mass is 16.3. The minimum absolute atomic E-state index is 0.370. The van der Waals surface area contributed by atoms with E-state index in [0.717, 1.165) is 6.54 Å². The van der Waals surface area contributed by atoms with Crippen molar-refractivity contribution in [2.24, 2.45) is 5.92 Å². The Hall–Kier alpha value is -0.120. The van der Waals surface area contributed by atoms with E-state index in [-0.39, 0.29) is 0 Å². The van der Waals surface area contributed by atoms with Crippen LogP contribution in [0.5, 0.6) is 0 Å². The van der Waals surface area contributed by atoms with E-state index in [4.69, 9.17) is 5.11 Å². The van der Waals surface area contributed by atoms with Gasteiger partial charge in [-0.2, -0.15) is 0 Å². The molecule has 2 fully saturated rings. The van der Waals surface area contributed by atoms with Crippen LogP contribution in [0.4, 0.5) is 0 Å². The second-order valence-electron chi connectivity index (χ2n) is 5.19. The zero-order valence-corrected chi connectivity index (χ0v) is 9.86. The fraction of sp³-hybridized carbons (Fsp3) is 1.00. The molecule has 3 nitrogen and oxygen atoms in total. The molecule has 2 saturated heterocycles. The number of hydrogen-bond donors (Lipinski definition) is 1. The molecule has 2 aliphatic heterocycles. The molecular formula is C12H24N2O. The molecule has 2 atom stereocenters. The Balaban J connectivity index is 1.72. The molecule has 0 radical (unpaired) electrons. The van der Waals surface area contributed by atoms with E-state index in [2.05, 4.69) is 16.7 Å². The predicted octanol–water partition coefficient (Wildman–Crippen LogP) is 0.785. The Morgan fingerprint density at radius 1 is 1.27 bits per heavy atom. The van der Waals surface area contributed by atoms with E-state index >= 15 is 0 Å². The highest BCUT2D eigenvalue weighted by molar-refractivity contribution is 4.80. The van der Waals surface area contributed by atoms with Crippen molar-refractivity contribution in [2.75, 3.05) is 39.3 Å².